The van der Waals surface area contributed by atoms with Gasteiger partial charge in [-0.1, -0.05) is 28.7 Å². The van der Waals surface area contributed by atoms with Crippen LogP contribution in [-0.4, -0.2) is 44.9 Å². The van der Waals surface area contributed by atoms with Crippen LogP contribution in [0.2, 0.25) is 0 Å². The summed E-state index contributed by atoms with van der Waals surface area (Å²) in [4.78, 5) is 31.5. The van der Waals surface area contributed by atoms with Crippen LogP contribution in [0.4, 0.5) is 5.69 Å². The van der Waals surface area contributed by atoms with E-state index in [9.17, 15) is 9.59 Å². The second-order valence-corrected chi connectivity index (χ2v) is 9.45. The predicted molar refractivity (Wildman–Crippen MR) is 127 cm³/mol. The van der Waals surface area contributed by atoms with Gasteiger partial charge in [0, 0.05) is 18.2 Å². The summed E-state index contributed by atoms with van der Waals surface area (Å²) in [7, 11) is 0. The van der Waals surface area contributed by atoms with Crippen LogP contribution in [-0.2, 0) is 4.79 Å². The second kappa shape index (κ2) is 8.23. The van der Waals surface area contributed by atoms with E-state index in [1.54, 1.807) is 18.2 Å². The van der Waals surface area contributed by atoms with E-state index in [1.165, 1.54) is 6.92 Å². The van der Waals surface area contributed by atoms with Crippen LogP contribution in [0.1, 0.15) is 30.1 Å². The zero-order valence-electron chi connectivity index (χ0n) is 17.1. The fraction of sp³-hybridized carbons (Fsp3) is 0.348. The molecule has 8 heteroatoms. The number of nitrogens with one attached hydrogen (secondary N) is 2. The van der Waals surface area contributed by atoms with Crippen molar-refractivity contribution in [2.45, 2.75) is 29.9 Å². The molecule has 0 spiro atoms. The number of halogens is 1. The molecule has 4 heterocycles. The Hall–Kier alpha value is -2.46. The van der Waals surface area contributed by atoms with Crippen molar-refractivity contribution in [3.8, 4) is 11.5 Å². The van der Waals surface area contributed by atoms with Gasteiger partial charge in [-0.25, -0.2) is 4.98 Å². The topological polar surface area (TPSA) is 87.5 Å². The number of nitrogens with zero attached hydrogens (tertiary/aromatic N) is 2. The Bertz CT molecular complexity index is 1130. The Balaban J connectivity index is 1.41. The number of carbonyl (C=O) groups excluding carboxylic acids is 2. The summed E-state index contributed by atoms with van der Waals surface area (Å²) in [6.07, 6.45) is 2.27. The average Bonchev–Trinajstić information content (AvgIpc) is 3.21. The van der Waals surface area contributed by atoms with Crippen LogP contribution in [0, 0.1) is 5.92 Å². The fourth-order valence-corrected chi connectivity index (χ4v) is 5.87. The van der Waals surface area contributed by atoms with Gasteiger partial charge < -0.3 is 15.1 Å². The number of hydrogen-bond donors (Lipinski definition) is 2. The lowest BCUT2D eigenvalue weighted by molar-refractivity contribution is -0.114. The van der Waals surface area contributed by atoms with E-state index in [1.807, 2.05) is 24.3 Å². The standard InChI is InChI=1S/C23H23IN4O3/c1-13(29)25-16-7-5-15(6-8-16)23-27-20-17(3-2-4-18(20)31-23)22(30)26-19-14-9-11-28(12-10-14)21(19)24/h2-8,14,19,21H,9-12H2,1H3,(H,25,29)(H,26,30). The summed E-state index contributed by atoms with van der Waals surface area (Å²) >= 11 is 2.45. The third-order valence-corrected chi connectivity index (χ3v) is 7.70. The van der Waals surface area contributed by atoms with Crippen LogP contribution < -0.4 is 10.6 Å². The number of anilines is 1. The number of oxazole rings is 1. The van der Waals surface area contributed by atoms with Gasteiger partial charge in [0.15, 0.2) is 5.58 Å². The van der Waals surface area contributed by atoms with Gasteiger partial charge in [0.25, 0.3) is 5.91 Å². The van der Waals surface area contributed by atoms with E-state index in [0.717, 1.165) is 31.5 Å². The molecule has 0 radical (unpaired) electrons. The highest BCUT2D eigenvalue weighted by molar-refractivity contribution is 14.1. The molecule has 31 heavy (non-hydrogen) atoms. The monoisotopic (exact) mass is 530 g/mol. The number of amides is 2. The van der Waals surface area contributed by atoms with Crippen molar-refractivity contribution in [1.82, 2.24) is 15.2 Å². The first kappa shape index (κ1) is 20.4. The van der Waals surface area contributed by atoms with Crippen LogP contribution >= 0.6 is 22.6 Å². The molecule has 3 aromatic rings. The third-order valence-electron chi connectivity index (χ3n) is 6.14. The van der Waals surface area contributed by atoms with E-state index >= 15 is 0 Å². The first-order chi connectivity index (χ1) is 15.0. The molecular formula is C23H23IN4O3. The molecule has 2 unspecified atom stereocenters. The van der Waals surface area contributed by atoms with Gasteiger partial charge in [0.2, 0.25) is 11.8 Å². The summed E-state index contributed by atoms with van der Waals surface area (Å²) < 4.78 is 6.26. The van der Waals surface area contributed by atoms with Crippen LogP contribution in [0.5, 0.6) is 0 Å². The van der Waals surface area contributed by atoms with E-state index < -0.39 is 0 Å². The summed E-state index contributed by atoms with van der Waals surface area (Å²) in [6, 6.07) is 12.9. The lowest BCUT2D eigenvalue weighted by Crippen LogP contribution is -2.61. The fourth-order valence-electron chi connectivity index (χ4n) is 4.55. The normalized spacial score (nSPS) is 24.8. The zero-order chi connectivity index (χ0) is 21.5. The summed E-state index contributed by atoms with van der Waals surface area (Å²) in [5.41, 5.74) is 3.16. The Kier molecular flexibility index (Phi) is 5.43. The van der Waals surface area contributed by atoms with Gasteiger partial charge in [0.05, 0.1) is 15.7 Å². The van der Waals surface area contributed by atoms with E-state index in [-0.39, 0.29) is 17.9 Å². The van der Waals surface area contributed by atoms with Crippen molar-refractivity contribution < 1.29 is 14.0 Å². The number of piperidine rings is 3. The maximum atomic E-state index is 13.2. The number of fused-ring (bicyclic) bond motifs is 4. The van der Waals surface area contributed by atoms with Crippen molar-refractivity contribution in [3.63, 3.8) is 0 Å². The van der Waals surface area contributed by atoms with Crippen molar-refractivity contribution in [2.75, 3.05) is 18.4 Å². The lowest BCUT2D eigenvalue weighted by atomic mass is 9.84. The van der Waals surface area contributed by atoms with Gasteiger partial charge in [-0.3, -0.25) is 14.5 Å². The quantitative estimate of drug-likeness (QED) is 0.302. The summed E-state index contributed by atoms with van der Waals surface area (Å²) in [5, 5.41) is 6.01. The maximum Gasteiger partial charge on any atom is 0.253 e. The third kappa shape index (κ3) is 3.94. The first-order valence-corrected chi connectivity index (χ1v) is 11.7. The van der Waals surface area contributed by atoms with Crippen molar-refractivity contribution in [3.05, 3.63) is 48.0 Å². The lowest BCUT2D eigenvalue weighted by Gasteiger charge is -2.48. The minimum atomic E-state index is -0.123. The molecule has 3 fully saturated rings. The molecule has 2 N–H and O–H groups in total. The van der Waals surface area contributed by atoms with Crippen LogP contribution in [0.3, 0.4) is 0 Å². The highest BCUT2D eigenvalue weighted by atomic mass is 127. The number of alkyl halides is 1. The molecule has 2 aromatic carbocycles. The minimum Gasteiger partial charge on any atom is -0.436 e. The number of carbonyl (C=O) groups is 2. The molecule has 0 saturated carbocycles. The molecule has 2 atom stereocenters. The molecule has 3 aliphatic heterocycles. The Labute approximate surface area is 193 Å². The number of hydrogen-bond acceptors (Lipinski definition) is 5. The second-order valence-electron chi connectivity index (χ2n) is 8.18. The zero-order valence-corrected chi connectivity index (χ0v) is 19.3. The molecule has 6 rings (SSSR count). The number of para-hydroxylation sites is 1. The Morgan fingerprint density at radius 2 is 1.87 bits per heavy atom. The van der Waals surface area contributed by atoms with Gasteiger partial charge >= 0.3 is 0 Å². The number of rotatable bonds is 4. The smallest absolute Gasteiger partial charge is 0.253 e. The van der Waals surface area contributed by atoms with Gasteiger partial charge in [-0.15, -0.1) is 0 Å². The minimum absolute atomic E-state index is 0.105. The number of aromatic nitrogens is 1. The summed E-state index contributed by atoms with van der Waals surface area (Å²) in [6.45, 7) is 3.71. The van der Waals surface area contributed by atoms with Gasteiger partial charge in [-0.05, 0) is 68.2 Å². The van der Waals surface area contributed by atoms with Crippen LogP contribution in [0.25, 0.3) is 22.6 Å². The Morgan fingerprint density at radius 1 is 1.13 bits per heavy atom. The van der Waals surface area contributed by atoms with E-state index in [0.29, 0.717) is 38.2 Å². The highest BCUT2D eigenvalue weighted by Gasteiger charge is 2.41. The SMILES string of the molecule is CC(=O)Nc1ccc(-c2nc3c(C(=O)NC4C5CCN(CC5)C4I)cccc3o2)cc1. The molecule has 2 bridgehead atoms. The van der Waals surface area contributed by atoms with E-state index in [4.69, 9.17) is 4.42 Å². The molecule has 7 nitrogen and oxygen atoms in total. The predicted octanol–water partition coefficient (Wildman–Crippen LogP) is 4.04. The molecular weight excluding hydrogens is 507 g/mol. The molecule has 3 aliphatic rings. The molecule has 1 aromatic heterocycles. The first-order valence-electron chi connectivity index (χ1n) is 10.5. The Morgan fingerprint density at radius 3 is 2.55 bits per heavy atom. The molecule has 0 aliphatic carbocycles. The maximum absolute atomic E-state index is 13.2. The largest absolute Gasteiger partial charge is 0.436 e. The highest BCUT2D eigenvalue weighted by Crippen LogP contribution is 2.35. The van der Waals surface area contributed by atoms with E-state index in [2.05, 4.69) is 43.1 Å². The van der Waals surface area contributed by atoms with Crippen LogP contribution in [0.15, 0.2) is 46.9 Å². The van der Waals surface area contributed by atoms with Gasteiger partial charge in [0.1, 0.15) is 5.52 Å². The van der Waals surface area contributed by atoms with Gasteiger partial charge in [-0.2, -0.15) is 0 Å². The molecule has 3 saturated heterocycles. The molecule has 160 valence electrons. The molecule has 2 amide bonds. The van der Waals surface area contributed by atoms with Crippen molar-refractivity contribution in [2.24, 2.45) is 5.92 Å². The number of benzene rings is 2. The summed E-state index contributed by atoms with van der Waals surface area (Å²) in [5.74, 6) is 0.748. The van der Waals surface area contributed by atoms with Crippen molar-refractivity contribution >= 4 is 51.2 Å². The average molecular weight is 530 g/mol. The van der Waals surface area contributed by atoms with Crippen molar-refractivity contribution in [1.29, 1.82) is 0 Å².